The second-order valence-corrected chi connectivity index (χ2v) is 5.78. The van der Waals surface area contributed by atoms with Gasteiger partial charge < -0.3 is 0 Å². The average Bonchev–Trinajstić information content (AvgIpc) is 2.50. The molecule has 0 N–H and O–H groups in total. The van der Waals surface area contributed by atoms with Crippen molar-refractivity contribution in [2.24, 2.45) is 0 Å². The van der Waals surface area contributed by atoms with Crippen LogP contribution >= 0.6 is 23.2 Å². The van der Waals surface area contributed by atoms with Gasteiger partial charge in [0.1, 0.15) is 0 Å². The van der Waals surface area contributed by atoms with Crippen molar-refractivity contribution in [3.8, 4) is 0 Å². The van der Waals surface area contributed by atoms with Crippen LogP contribution in [0.5, 0.6) is 0 Å². The van der Waals surface area contributed by atoms with E-state index >= 15 is 0 Å². The summed E-state index contributed by atoms with van der Waals surface area (Å²) in [5, 5.41) is 1.77. The van der Waals surface area contributed by atoms with Gasteiger partial charge in [-0.05, 0) is 0 Å². The molecular weight excluding hydrogens is 288 g/mol. The molecule has 2 rings (SSSR count). The number of aryl methyl sites for hydroxylation is 1. The third-order valence-electron chi connectivity index (χ3n) is 2.00. The van der Waals surface area contributed by atoms with Crippen molar-refractivity contribution in [3.05, 3.63) is 32.5 Å². The van der Waals surface area contributed by atoms with Gasteiger partial charge in [-0.2, -0.15) is 0 Å². The summed E-state index contributed by atoms with van der Waals surface area (Å²) >= 11 is 11.9. The van der Waals surface area contributed by atoms with E-state index in [1.807, 2.05) is 6.92 Å². The topological polar surface area (TPSA) is 22.0 Å². The Balaban J connectivity index is 2.92. The van der Waals surface area contributed by atoms with Crippen molar-refractivity contribution < 1.29 is 0 Å². The van der Waals surface area contributed by atoms with Gasteiger partial charge in [-0.15, -0.1) is 0 Å². The molecule has 0 aliphatic carbocycles. The maximum atomic E-state index is 11.7. The van der Waals surface area contributed by atoms with Crippen LogP contribution in [0.3, 0.4) is 0 Å². The van der Waals surface area contributed by atoms with Gasteiger partial charge in [0.2, 0.25) is 0 Å². The molecule has 14 heavy (non-hydrogen) atoms. The fourth-order valence-electron chi connectivity index (χ4n) is 1.28. The molecule has 2 nitrogen and oxygen atoms in total. The van der Waals surface area contributed by atoms with Gasteiger partial charge in [0.25, 0.3) is 0 Å². The summed E-state index contributed by atoms with van der Waals surface area (Å²) in [5.74, 6) is 0. The van der Waals surface area contributed by atoms with Gasteiger partial charge in [-0.1, -0.05) is 0 Å². The van der Waals surface area contributed by atoms with Crippen molar-refractivity contribution >= 4 is 47.6 Å². The standard InChI is InChI=1S/C9H7Cl2NOSe/c1-2-12-9(13)5-3-4-6(10)7(11)8(5)14-12/h3-4H,2H2,1H3. The van der Waals surface area contributed by atoms with E-state index in [0.29, 0.717) is 15.4 Å². The van der Waals surface area contributed by atoms with Crippen molar-refractivity contribution in [3.63, 3.8) is 0 Å². The van der Waals surface area contributed by atoms with Crippen LogP contribution in [0.1, 0.15) is 6.92 Å². The fourth-order valence-corrected chi connectivity index (χ4v) is 3.96. The first kappa shape index (κ1) is 10.3. The molecule has 0 amide bonds. The number of hydrogen-bond acceptors (Lipinski definition) is 1. The first-order chi connectivity index (χ1) is 6.65. The molecule has 5 heteroatoms. The second kappa shape index (κ2) is 3.74. The van der Waals surface area contributed by atoms with Crippen LogP contribution in [0.25, 0.3) is 9.65 Å². The van der Waals surface area contributed by atoms with E-state index in [9.17, 15) is 4.79 Å². The Kier molecular flexibility index (Phi) is 2.76. The number of hydrogen-bond donors (Lipinski definition) is 0. The Labute approximate surface area is 97.0 Å². The van der Waals surface area contributed by atoms with Crippen LogP contribution in [-0.4, -0.2) is 18.3 Å². The minimum absolute atomic E-state index is 0.0108. The van der Waals surface area contributed by atoms with E-state index in [-0.39, 0.29) is 20.3 Å². The molecule has 0 bridgehead atoms. The van der Waals surface area contributed by atoms with Gasteiger partial charge in [0, 0.05) is 0 Å². The van der Waals surface area contributed by atoms with Crippen molar-refractivity contribution in [2.45, 2.75) is 13.5 Å². The SMILES string of the molecule is CCn1[se]c2c(Cl)c(Cl)ccc2c1=O. The van der Waals surface area contributed by atoms with Gasteiger partial charge in [0.15, 0.2) is 0 Å². The van der Waals surface area contributed by atoms with Crippen molar-refractivity contribution in [1.82, 2.24) is 3.56 Å². The number of benzene rings is 1. The van der Waals surface area contributed by atoms with Crippen LogP contribution in [0.4, 0.5) is 0 Å². The molecule has 1 heterocycles. The van der Waals surface area contributed by atoms with E-state index < -0.39 is 0 Å². The third kappa shape index (κ3) is 1.45. The zero-order valence-electron chi connectivity index (χ0n) is 7.38. The van der Waals surface area contributed by atoms with Crippen LogP contribution in [0, 0.1) is 0 Å². The van der Waals surface area contributed by atoms with E-state index in [2.05, 4.69) is 0 Å². The Morgan fingerprint density at radius 2 is 2.14 bits per heavy atom. The normalized spacial score (nSPS) is 11.1. The Morgan fingerprint density at radius 3 is 2.79 bits per heavy atom. The number of aromatic nitrogens is 1. The van der Waals surface area contributed by atoms with Crippen LogP contribution < -0.4 is 5.56 Å². The summed E-state index contributed by atoms with van der Waals surface area (Å²) in [5.41, 5.74) is 0.0704. The van der Waals surface area contributed by atoms with Gasteiger partial charge in [-0.3, -0.25) is 0 Å². The van der Waals surface area contributed by atoms with Crippen molar-refractivity contribution in [2.75, 3.05) is 0 Å². The Bertz CT molecular complexity index is 543. The van der Waals surface area contributed by atoms with E-state index in [1.54, 1.807) is 15.7 Å². The predicted molar refractivity (Wildman–Crippen MR) is 60.8 cm³/mol. The molecule has 74 valence electrons. The maximum absolute atomic E-state index is 11.7. The molecule has 0 spiro atoms. The molecule has 0 aliphatic heterocycles. The van der Waals surface area contributed by atoms with Gasteiger partial charge in [0.05, 0.1) is 0 Å². The molecule has 0 saturated heterocycles. The average molecular weight is 295 g/mol. The molecule has 0 unspecified atom stereocenters. The molecule has 1 aromatic carbocycles. The summed E-state index contributed by atoms with van der Waals surface area (Å²) in [7, 11) is 0. The summed E-state index contributed by atoms with van der Waals surface area (Å²) < 4.78 is 2.72. The molecular formula is C9H7Cl2NOSe. The minimum atomic E-state index is -0.0108. The molecule has 0 fully saturated rings. The zero-order chi connectivity index (χ0) is 10.3. The van der Waals surface area contributed by atoms with E-state index in [0.717, 1.165) is 10.8 Å². The first-order valence-corrected chi connectivity index (χ1v) is 6.50. The summed E-state index contributed by atoms with van der Waals surface area (Å²) in [6.45, 7) is 2.68. The molecule has 1 aromatic heterocycles. The Morgan fingerprint density at radius 1 is 1.43 bits per heavy atom. The molecule has 0 aliphatic rings. The molecule has 0 radical (unpaired) electrons. The van der Waals surface area contributed by atoms with Gasteiger partial charge >= 0.3 is 97.1 Å². The van der Waals surface area contributed by atoms with E-state index in [1.165, 1.54) is 0 Å². The third-order valence-corrected chi connectivity index (χ3v) is 5.68. The summed E-state index contributed by atoms with van der Waals surface area (Å²) in [6.07, 6.45) is 0. The molecule has 0 saturated carbocycles. The quantitative estimate of drug-likeness (QED) is 0.740. The summed E-state index contributed by atoms with van der Waals surface area (Å²) in [4.78, 5) is 11.7. The predicted octanol–water partition coefficient (Wildman–Crippen LogP) is 2.39. The number of halogens is 2. The van der Waals surface area contributed by atoms with Crippen LogP contribution in [-0.2, 0) is 6.54 Å². The first-order valence-electron chi connectivity index (χ1n) is 4.13. The van der Waals surface area contributed by atoms with Crippen LogP contribution in [0.15, 0.2) is 16.9 Å². The fraction of sp³-hybridized carbons (Fsp3) is 0.222. The monoisotopic (exact) mass is 295 g/mol. The molecule has 0 atom stereocenters. The van der Waals surface area contributed by atoms with E-state index in [4.69, 9.17) is 23.2 Å². The van der Waals surface area contributed by atoms with Crippen molar-refractivity contribution in [1.29, 1.82) is 0 Å². The Hall–Kier alpha value is -0.211. The number of nitrogens with zero attached hydrogens (tertiary/aromatic N) is 1. The zero-order valence-corrected chi connectivity index (χ0v) is 10.6. The summed E-state index contributed by atoms with van der Waals surface area (Å²) in [6, 6.07) is 3.43. The molecule has 2 aromatic rings. The second-order valence-electron chi connectivity index (χ2n) is 2.83. The number of fused-ring (bicyclic) bond motifs is 1. The van der Waals surface area contributed by atoms with Gasteiger partial charge in [-0.25, -0.2) is 0 Å². The van der Waals surface area contributed by atoms with Crippen LogP contribution in [0.2, 0.25) is 10.0 Å². The number of rotatable bonds is 1.